The topological polar surface area (TPSA) is 95.1 Å². The normalized spacial score (nSPS) is 10.4. The number of phenolic OH excluding ortho intramolecular Hbond substituents is 1. The number of amides is 1. The molecule has 0 saturated heterocycles. The zero-order valence-corrected chi connectivity index (χ0v) is 13.0. The van der Waals surface area contributed by atoms with E-state index >= 15 is 0 Å². The lowest BCUT2D eigenvalue weighted by atomic mass is 10.2. The van der Waals surface area contributed by atoms with Crippen LogP contribution in [0.15, 0.2) is 59.5 Å². The average molecular weight is 342 g/mol. The van der Waals surface area contributed by atoms with Gasteiger partial charge in [0.1, 0.15) is 17.1 Å². The lowest BCUT2D eigenvalue weighted by Gasteiger charge is -2.06. The molecule has 0 aliphatic rings. The number of H-pyrrole nitrogens is 1. The van der Waals surface area contributed by atoms with E-state index in [1.54, 1.807) is 36.4 Å². The van der Waals surface area contributed by atoms with Gasteiger partial charge < -0.3 is 15.4 Å². The lowest BCUT2D eigenvalue weighted by Crippen LogP contribution is -2.24. The third-order valence-corrected chi connectivity index (χ3v) is 3.52. The number of nitrogens with one attached hydrogen (secondary N) is 2. The molecule has 3 rings (SSSR count). The van der Waals surface area contributed by atoms with Crippen LogP contribution in [0.1, 0.15) is 10.4 Å². The van der Waals surface area contributed by atoms with Crippen molar-refractivity contribution in [1.29, 1.82) is 0 Å². The number of aromatic hydroxyl groups is 1. The second-order valence-electron chi connectivity index (χ2n) is 4.99. The van der Waals surface area contributed by atoms with Crippen LogP contribution in [-0.4, -0.2) is 21.0 Å². The number of anilines is 1. The number of carbonyl (C=O) groups is 1. The molecule has 0 saturated carbocycles. The van der Waals surface area contributed by atoms with Crippen molar-refractivity contribution in [3.8, 4) is 17.1 Å². The highest BCUT2D eigenvalue weighted by Crippen LogP contribution is 2.18. The number of benzene rings is 2. The Hall–Kier alpha value is -3.12. The van der Waals surface area contributed by atoms with Crippen LogP contribution in [0.5, 0.6) is 5.75 Å². The van der Waals surface area contributed by atoms with Gasteiger partial charge in [0.2, 0.25) is 0 Å². The lowest BCUT2D eigenvalue weighted by molar-refractivity contribution is 0.102. The summed E-state index contributed by atoms with van der Waals surface area (Å²) < 4.78 is 0. The molecule has 3 N–H and O–H groups in total. The smallest absolute Gasteiger partial charge is 0.264 e. The summed E-state index contributed by atoms with van der Waals surface area (Å²) in [5.41, 5.74) is 0.362. The number of aromatic nitrogens is 2. The number of nitrogens with zero attached hydrogens (tertiary/aromatic N) is 1. The number of aromatic amines is 1. The second-order valence-corrected chi connectivity index (χ2v) is 5.42. The summed E-state index contributed by atoms with van der Waals surface area (Å²) in [6.45, 7) is 0. The summed E-state index contributed by atoms with van der Waals surface area (Å²) in [5, 5.41) is 12.5. The van der Waals surface area contributed by atoms with Crippen molar-refractivity contribution in [2.75, 3.05) is 5.32 Å². The van der Waals surface area contributed by atoms with E-state index in [9.17, 15) is 14.7 Å². The predicted molar refractivity (Wildman–Crippen MR) is 91.4 cm³/mol. The number of hydrogen-bond acceptors (Lipinski definition) is 4. The van der Waals surface area contributed by atoms with Gasteiger partial charge in [-0.3, -0.25) is 9.59 Å². The van der Waals surface area contributed by atoms with Crippen LogP contribution in [0.4, 0.5) is 5.69 Å². The van der Waals surface area contributed by atoms with Crippen molar-refractivity contribution in [3.63, 3.8) is 0 Å². The van der Waals surface area contributed by atoms with Gasteiger partial charge >= 0.3 is 0 Å². The van der Waals surface area contributed by atoms with E-state index in [2.05, 4.69) is 15.3 Å². The molecule has 0 radical (unpaired) electrons. The maximum Gasteiger partial charge on any atom is 0.264 e. The number of carbonyl (C=O) groups excluding carboxylic acids is 1. The Bertz CT molecular complexity index is 952. The van der Waals surface area contributed by atoms with E-state index in [0.717, 1.165) is 0 Å². The minimum atomic E-state index is -0.614. The molecule has 120 valence electrons. The van der Waals surface area contributed by atoms with Crippen molar-refractivity contribution >= 4 is 23.2 Å². The van der Waals surface area contributed by atoms with E-state index in [1.165, 1.54) is 18.3 Å². The van der Waals surface area contributed by atoms with Gasteiger partial charge in [-0.15, -0.1) is 0 Å². The molecule has 0 aliphatic heterocycles. The van der Waals surface area contributed by atoms with Gasteiger partial charge in [-0.2, -0.15) is 0 Å². The van der Waals surface area contributed by atoms with Crippen LogP contribution in [0.3, 0.4) is 0 Å². The van der Waals surface area contributed by atoms with Gasteiger partial charge in [0, 0.05) is 28.5 Å². The van der Waals surface area contributed by atoms with E-state index in [4.69, 9.17) is 11.6 Å². The van der Waals surface area contributed by atoms with Crippen molar-refractivity contribution in [2.24, 2.45) is 0 Å². The van der Waals surface area contributed by atoms with Crippen LogP contribution >= 0.6 is 11.6 Å². The average Bonchev–Trinajstić information content (AvgIpc) is 2.55. The highest BCUT2D eigenvalue weighted by atomic mass is 35.5. The molecule has 0 bridgehead atoms. The summed E-state index contributed by atoms with van der Waals surface area (Å²) in [7, 11) is 0. The molecular formula is C17H12ClN3O3. The molecule has 1 amide bonds. The fraction of sp³-hybridized carbons (Fsp3) is 0. The molecule has 7 heteroatoms. The van der Waals surface area contributed by atoms with E-state index in [-0.39, 0.29) is 11.3 Å². The summed E-state index contributed by atoms with van der Waals surface area (Å²) in [6, 6.07) is 12.8. The molecule has 0 fully saturated rings. The van der Waals surface area contributed by atoms with Gasteiger partial charge in [0.15, 0.2) is 0 Å². The fourth-order valence-corrected chi connectivity index (χ4v) is 2.22. The Kier molecular flexibility index (Phi) is 4.31. The SMILES string of the molecule is O=C(Nc1cccc(O)c1)c1cnc(-c2ccc(Cl)cc2)[nH]c1=O. The molecule has 3 aromatic rings. The quantitative estimate of drug-likeness (QED) is 0.682. The fourth-order valence-electron chi connectivity index (χ4n) is 2.09. The summed E-state index contributed by atoms with van der Waals surface area (Å²) in [4.78, 5) is 31.0. The standard InChI is InChI=1S/C17H12ClN3O3/c18-11-6-4-10(5-7-11)15-19-9-14(17(24)21-15)16(23)20-12-2-1-3-13(22)8-12/h1-9,22H,(H,20,23)(H,19,21,24). The molecule has 0 spiro atoms. The summed E-state index contributed by atoms with van der Waals surface area (Å²) >= 11 is 5.82. The third kappa shape index (κ3) is 3.44. The molecule has 0 aliphatic carbocycles. The number of rotatable bonds is 3. The molecule has 1 heterocycles. The summed E-state index contributed by atoms with van der Waals surface area (Å²) in [6.07, 6.45) is 1.21. The molecule has 0 atom stereocenters. The van der Waals surface area contributed by atoms with Gasteiger partial charge in [-0.25, -0.2) is 4.98 Å². The monoisotopic (exact) mass is 341 g/mol. The Labute approximate surface area is 141 Å². The first-order valence-electron chi connectivity index (χ1n) is 6.98. The first-order chi connectivity index (χ1) is 11.5. The zero-order chi connectivity index (χ0) is 17.1. The van der Waals surface area contributed by atoms with E-state index < -0.39 is 11.5 Å². The molecule has 6 nitrogen and oxygen atoms in total. The van der Waals surface area contributed by atoms with Crippen molar-refractivity contribution in [2.45, 2.75) is 0 Å². The maximum atomic E-state index is 12.2. The van der Waals surface area contributed by atoms with Crippen molar-refractivity contribution < 1.29 is 9.90 Å². The molecule has 2 aromatic carbocycles. The van der Waals surface area contributed by atoms with Gasteiger partial charge in [0.05, 0.1) is 0 Å². The molecule has 0 unspecified atom stereocenters. The second kappa shape index (κ2) is 6.55. The number of hydrogen-bond donors (Lipinski definition) is 3. The minimum absolute atomic E-state index is 0.0120. The third-order valence-electron chi connectivity index (χ3n) is 3.27. The Balaban J connectivity index is 1.85. The first-order valence-corrected chi connectivity index (χ1v) is 7.36. The maximum absolute atomic E-state index is 12.2. The van der Waals surface area contributed by atoms with E-state index in [1.807, 2.05) is 0 Å². The van der Waals surface area contributed by atoms with Gasteiger partial charge in [0.25, 0.3) is 11.5 Å². The van der Waals surface area contributed by atoms with Gasteiger partial charge in [-0.05, 0) is 36.4 Å². The van der Waals surface area contributed by atoms with Crippen LogP contribution in [-0.2, 0) is 0 Å². The highest BCUT2D eigenvalue weighted by molar-refractivity contribution is 6.30. The molecule has 24 heavy (non-hydrogen) atoms. The minimum Gasteiger partial charge on any atom is -0.508 e. The Morgan fingerprint density at radius 3 is 2.58 bits per heavy atom. The van der Waals surface area contributed by atoms with Crippen molar-refractivity contribution in [1.82, 2.24) is 9.97 Å². The summed E-state index contributed by atoms with van der Waals surface area (Å²) in [5.74, 6) is -0.263. The highest BCUT2D eigenvalue weighted by Gasteiger charge is 2.13. The van der Waals surface area contributed by atoms with Crippen LogP contribution < -0.4 is 10.9 Å². The largest absolute Gasteiger partial charge is 0.508 e. The van der Waals surface area contributed by atoms with Crippen molar-refractivity contribution in [3.05, 3.63) is 75.7 Å². The van der Waals surface area contributed by atoms with Crippen LogP contribution in [0.2, 0.25) is 5.02 Å². The number of phenols is 1. The molecular weight excluding hydrogens is 330 g/mol. The van der Waals surface area contributed by atoms with Crippen LogP contribution in [0.25, 0.3) is 11.4 Å². The Morgan fingerprint density at radius 2 is 1.92 bits per heavy atom. The van der Waals surface area contributed by atoms with Crippen LogP contribution in [0, 0.1) is 0 Å². The van der Waals surface area contributed by atoms with Gasteiger partial charge in [-0.1, -0.05) is 17.7 Å². The molecule has 1 aromatic heterocycles. The first kappa shape index (κ1) is 15.8. The number of halogens is 1. The van der Waals surface area contributed by atoms with E-state index in [0.29, 0.717) is 22.1 Å². The Morgan fingerprint density at radius 1 is 1.17 bits per heavy atom. The predicted octanol–water partition coefficient (Wildman–Crippen LogP) is 3.05. The zero-order valence-electron chi connectivity index (χ0n) is 12.3.